The third-order valence-corrected chi connectivity index (χ3v) is 3.49. The van der Waals surface area contributed by atoms with E-state index in [0.717, 1.165) is 21.5 Å². The standard InChI is InChI=1S/C15H24BrNO2/c1-4-6-11(3)10-19-15-13(16)7-12(9-17)8-14(15)18-5-2/h7-8,11H,4-6,9-10,17H2,1-3H3. The van der Waals surface area contributed by atoms with Crippen molar-refractivity contribution in [3.8, 4) is 11.5 Å². The van der Waals surface area contributed by atoms with Crippen LogP contribution in [0.2, 0.25) is 0 Å². The van der Waals surface area contributed by atoms with Crippen LogP contribution in [0, 0.1) is 5.92 Å². The molecule has 0 bridgehead atoms. The fraction of sp³-hybridized carbons (Fsp3) is 0.600. The summed E-state index contributed by atoms with van der Waals surface area (Å²) in [6.07, 6.45) is 2.35. The second kappa shape index (κ2) is 8.43. The third kappa shape index (κ3) is 5.03. The van der Waals surface area contributed by atoms with Crippen LogP contribution >= 0.6 is 15.9 Å². The maximum absolute atomic E-state index is 5.92. The number of ether oxygens (including phenoxy) is 2. The first-order valence-corrected chi connectivity index (χ1v) is 7.69. The lowest BCUT2D eigenvalue weighted by Gasteiger charge is -2.17. The lowest BCUT2D eigenvalue weighted by Crippen LogP contribution is -2.10. The highest BCUT2D eigenvalue weighted by molar-refractivity contribution is 9.10. The Kier molecular flexibility index (Phi) is 7.24. The van der Waals surface area contributed by atoms with Crippen LogP contribution in [-0.2, 0) is 6.54 Å². The zero-order valence-electron chi connectivity index (χ0n) is 12.0. The molecule has 0 saturated carbocycles. The van der Waals surface area contributed by atoms with Crippen molar-refractivity contribution in [1.29, 1.82) is 0 Å². The van der Waals surface area contributed by atoms with E-state index in [1.165, 1.54) is 12.8 Å². The van der Waals surface area contributed by atoms with Crippen molar-refractivity contribution in [2.75, 3.05) is 13.2 Å². The maximum Gasteiger partial charge on any atom is 0.175 e. The van der Waals surface area contributed by atoms with Gasteiger partial charge in [0.1, 0.15) is 0 Å². The first-order valence-electron chi connectivity index (χ1n) is 6.90. The monoisotopic (exact) mass is 329 g/mol. The van der Waals surface area contributed by atoms with Crippen LogP contribution in [-0.4, -0.2) is 13.2 Å². The highest BCUT2D eigenvalue weighted by atomic mass is 79.9. The molecule has 0 aliphatic carbocycles. The Balaban J connectivity index is 2.85. The Labute approximate surface area is 124 Å². The van der Waals surface area contributed by atoms with Crippen LogP contribution in [0.15, 0.2) is 16.6 Å². The zero-order valence-corrected chi connectivity index (χ0v) is 13.6. The molecule has 0 spiro atoms. The first-order chi connectivity index (χ1) is 9.12. The van der Waals surface area contributed by atoms with Crippen molar-refractivity contribution < 1.29 is 9.47 Å². The highest BCUT2D eigenvalue weighted by Gasteiger charge is 2.13. The van der Waals surface area contributed by atoms with E-state index in [9.17, 15) is 0 Å². The Bertz CT molecular complexity index is 396. The van der Waals surface area contributed by atoms with Crippen molar-refractivity contribution in [2.45, 2.75) is 40.2 Å². The van der Waals surface area contributed by atoms with Crippen LogP contribution in [0.25, 0.3) is 0 Å². The van der Waals surface area contributed by atoms with Gasteiger partial charge in [-0.3, -0.25) is 0 Å². The van der Waals surface area contributed by atoms with Gasteiger partial charge in [-0.2, -0.15) is 0 Å². The average Bonchev–Trinajstić information content (AvgIpc) is 2.38. The fourth-order valence-corrected chi connectivity index (χ4v) is 2.55. The number of benzene rings is 1. The smallest absolute Gasteiger partial charge is 0.175 e. The molecule has 1 rings (SSSR count). The largest absolute Gasteiger partial charge is 0.490 e. The van der Waals surface area contributed by atoms with Gasteiger partial charge in [-0.05, 0) is 52.9 Å². The van der Waals surface area contributed by atoms with Crippen molar-refractivity contribution in [2.24, 2.45) is 11.7 Å². The minimum atomic E-state index is 0.491. The molecule has 1 aromatic carbocycles. The molecule has 0 amide bonds. The van der Waals surface area contributed by atoms with E-state index in [1.54, 1.807) is 0 Å². The van der Waals surface area contributed by atoms with E-state index in [0.29, 0.717) is 25.7 Å². The zero-order chi connectivity index (χ0) is 14.3. The van der Waals surface area contributed by atoms with Gasteiger partial charge in [-0.1, -0.05) is 20.3 Å². The van der Waals surface area contributed by atoms with Gasteiger partial charge in [-0.15, -0.1) is 0 Å². The summed E-state index contributed by atoms with van der Waals surface area (Å²) < 4.78 is 12.5. The summed E-state index contributed by atoms with van der Waals surface area (Å²) in [6, 6.07) is 3.94. The number of halogens is 1. The van der Waals surface area contributed by atoms with Gasteiger partial charge in [0.2, 0.25) is 0 Å². The fourth-order valence-electron chi connectivity index (χ4n) is 1.94. The van der Waals surface area contributed by atoms with E-state index in [2.05, 4.69) is 29.8 Å². The molecule has 3 nitrogen and oxygen atoms in total. The molecule has 108 valence electrons. The van der Waals surface area contributed by atoms with Gasteiger partial charge < -0.3 is 15.2 Å². The average molecular weight is 330 g/mol. The predicted molar refractivity (Wildman–Crippen MR) is 82.8 cm³/mol. The molecule has 4 heteroatoms. The Morgan fingerprint density at radius 3 is 2.58 bits per heavy atom. The van der Waals surface area contributed by atoms with Gasteiger partial charge in [0.15, 0.2) is 11.5 Å². The molecule has 0 saturated heterocycles. The summed E-state index contributed by atoms with van der Waals surface area (Å²) in [5.41, 5.74) is 6.71. The minimum absolute atomic E-state index is 0.491. The van der Waals surface area contributed by atoms with Gasteiger partial charge in [0.25, 0.3) is 0 Å². The van der Waals surface area contributed by atoms with Crippen LogP contribution in [0.5, 0.6) is 11.5 Å². The number of rotatable bonds is 8. The molecular formula is C15H24BrNO2. The topological polar surface area (TPSA) is 44.5 Å². The summed E-state index contributed by atoms with van der Waals surface area (Å²) in [4.78, 5) is 0. The van der Waals surface area contributed by atoms with E-state index < -0.39 is 0 Å². The van der Waals surface area contributed by atoms with Gasteiger partial charge in [0.05, 0.1) is 17.7 Å². The van der Waals surface area contributed by atoms with Crippen LogP contribution < -0.4 is 15.2 Å². The molecule has 0 heterocycles. The van der Waals surface area contributed by atoms with Gasteiger partial charge in [0, 0.05) is 6.54 Å². The Hall–Kier alpha value is -0.740. The lowest BCUT2D eigenvalue weighted by molar-refractivity contribution is 0.232. The first kappa shape index (κ1) is 16.3. The predicted octanol–water partition coefficient (Wildman–Crippen LogP) is 4.12. The Morgan fingerprint density at radius 1 is 1.26 bits per heavy atom. The van der Waals surface area contributed by atoms with Crippen molar-refractivity contribution >= 4 is 15.9 Å². The van der Waals surface area contributed by atoms with Crippen molar-refractivity contribution in [3.05, 3.63) is 22.2 Å². The summed E-state index contributed by atoms with van der Waals surface area (Å²) in [7, 11) is 0. The molecule has 0 radical (unpaired) electrons. The SMILES string of the molecule is CCCC(C)COc1c(Br)cc(CN)cc1OCC. The van der Waals surface area contributed by atoms with Crippen LogP contribution in [0.3, 0.4) is 0 Å². The molecule has 0 aromatic heterocycles. The Morgan fingerprint density at radius 2 is 2.00 bits per heavy atom. The van der Waals surface area contributed by atoms with E-state index in [-0.39, 0.29) is 0 Å². The molecular weight excluding hydrogens is 306 g/mol. The third-order valence-electron chi connectivity index (χ3n) is 2.90. The molecule has 1 atom stereocenters. The molecule has 1 aromatic rings. The molecule has 19 heavy (non-hydrogen) atoms. The van der Waals surface area contributed by atoms with E-state index in [4.69, 9.17) is 15.2 Å². The molecule has 0 aliphatic heterocycles. The summed E-state index contributed by atoms with van der Waals surface area (Å²) in [5.74, 6) is 2.09. The van der Waals surface area contributed by atoms with Gasteiger partial charge >= 0.3 is 0 Å². The van der Waals surface area contributed by atoms with Crippen molar-refractivity contribution in [3.63, 3.8) is 0 Å². The quantitative estimate of drug-likeness (QED) is 0.780. The van der Waals surface area contributed by atoms with E-state index in [1.807, 2.05) is 19.1 Å². The van der Waals surface area contributed by atoms with E-state index >= 15 is 0 Å². The molecule has 0 aliphatic rings. The van der Waals surface area contributed by atoms with Gasteiger partial charge in [-0.25, -0.2) is 0 Å². The summed E-state index contributed by atoms with van der Waals surface area (Å²) >= 11 is 3.54. The highest BCUT2D eigenvalue weighted by Crippen LogP contribution is 2.37. The van der Waals surface area contributed by atoms with Crippen molar-refractivity contribution in [1.82, 2.24) is 0 Å². The normalized spacial score (nSPS) is 12.3. The molecule has 2 N–H and O–H groups in total. The van der Waals surface area contributed by atoms with Crippen LogP contribution in [0.4, 0.5) is 0 Å². The number of nitrogens with two attached hydrogens (primary N) is 1. The lowest BCUT2D eigenvalue weighted by atomic mass is 10.1. The minimum Gasteiger partial charge on any atom is -0.490 e. The molecule has 0 fully saturated rings. The second-order valence-electron chi connectivity index (χ2n) is 4.75. The number of hydrogen-bond donors (Lipinski definition) is 1. The summed E-state index contributed by atoms with van der Waals surface area (Å²) in [5, 5.41) is 0. The number of hydrogen-bond acceptors (Lipinski definition) is 3. The van der Waals surface area contributed by atoms with Crippen LogP contribution in [0.1, 0.15) is 39.2 Å². The second-order valence-corrected chi connectivity index (χ2v) is 5.60. The molecule has 1 unspecified atom stereocenters. The summed E-state index contributed by atoms with van der Waals surface area (Å²) in [6.45, 7) is 8.16. The maximum atomic E-state index is 5.92.